The van der Waals surface area contributed by atoms with E-state index in [0.29, 0.717) is 6.42 Å². The maximum Gasteiger partial charge on any atom is 0.286 e. The van der Waals surface area contributed by atoms with Crippen LogP contribution in [0.3, 0.4) is 0 Å². The van der Waals surface area contributed by atoms with Gasteiger partial charge in [-0.3, -0.25) is 0 Å². The molecule has 0 aliphatic carbocycles. The summed E-state index contributed by atoms with van der Waals surface area (Å²) in [4.78, 5) is 0. The molecule has 0 unspecified atom stereocenters. The van der Waals surface area contributed by atoms with Gasteiger partial charge in [-0.15, -0.1) is 0 Å². The zero-order valence-corrected chi connectivity index (χ0v) is 7.99. The van der Waals surface area contributed by atoms with Gasteiger partial charge in [0, 0.05) is 6.42 Å². The minimum Gasteiger partial charge on any atom is -0.312 e. The molecule has 0 aromatic rings. The molecule has 0 aromatic heterocycles. The fraction of sp³-hybridized carbons (Fsp3) is 1.00. The van der Waals surface area contributed by atoms with Crippen LogP contribution in [-0.2, 0) is 14.2 Å². The molecule has 80 valence electrons. The largest absolute Gasteiger partial charge is 0.312 e. The Morgan fingerprint density at radius 3 is 1.54 bits per heavy atom. The van der Waals surface area contributed by atoms with Gasteiger partial charge in [0.15, 0.2) is 0 Å². The number of rotatable bonds is 8. The molecular weight excluding hydrogens is 174 g/mol. The first-order valence-corrected chi connectivity index (χ1v) is 4.26. The normalized spacial score (nSPS) is 12.0. The lowest BCUT2D eigenvalue weighted by Gasteiger charge is -2.31. The standard InChI is InChI=1S/C7H19N3O3/c1-2-3-7(11-4-8,12-5-9)13-6-10/h2-6,8-10H2,1H3. The van der Waals surface area contributed by atoms with Gasteiger partial charge in [0.05, 0.1) is 20.2 Å². The molecule has 0 amide bonds. The predicted molar refractivity (Wildman–Crippen MR) is 48.1 cm³/mol. The molecule has 0 bridgehead atoms. The van der Waals surface area contributed by atoms with Crippen LogP contribution in [0.5, 0.6) is 0 Å². The second-order valence-electron chi connectivity index (χ2n) is 2.37. The zero-order valence-electron chi connectivity index (χ0n) is 7.99. The molecule has 0 aromatic carbocycles. The highest BCUT2D eigenvalue weighted by atomic mass is 16.9. The Bertz CT molecular complexity index is 94.0. The average molecular weight is 193 g/mol. The molecular formula is C7H19N3O3. The lowest BCUT2D eigenvalue weighted by atomic mass is 10.3. The van der Waals surface area contributed by atoms with Crippen LogP contribution in [0.4, 0.5) is 0 Å². The second kappa shape index (κ2) is 7.19. The van der Waals surface area contributed by atoms with E-state index in [2.05, 4.69) is 0 Å². The molecule has 6 nitrogen and oxygen atoms in total. The van der Waals surface area contributed by atoms with Gasteiger partial charge >= 0.3 is 0 Å². The van der Waals surface area contributed by atoms with Gasteiger partial charge in [0.2, 0.25) is 0 Å². The maximum absolute atomic E-state index is 5.24. The van der Waals surface area contributed by atoms with E-state index in [1.807, 2.05) is 6.92 Å². The minimum absolute atomic E-state index is 0. The lowest BCUT2D eigenvalue weighted by molar-refractivity contribution is -0.382. The molecule has 0 radical (unpaired) electrons. The second-order valence-corrected chi connectivity index (χ2v) is 2.37. The van der Waals surface area contributed by atoms with Crippen molar-refractivity contribution in [1.82, 2.24) is 0 Å². The van der Waals surface area contributed by atoms with Crippen LogP contribution in [0.25, 0.3) is 0 Å². The minimum atomic E-state index is -1.17. The molecule has 0 saturated heterocycles. The van der Waals surface area contributed by atoms with E-state index in [1.54, 1.807) is 0 Å². The first-order valence-electron chi connectivity index (χ1n) is 4.26. The van der Waals surface area contributed by atoms with Crippen molar-refractivity contribution >= 4 is 0 Å². The summed E-state index contributed by atoms with van der Waals surface area (Å²) in [6, 6.07) is 0. The smallest absolute Gasteiger partial charge is 0.286 e. The zero-order chi connectivity index (χ0) is 10.2. The summed E-state index contributed by atoms with van der Waals surface area (Å²) in [7, 11) is 0. The third kappa shape index (κ3) is 4.51. The Morgan fingerprint density at radius 2 is 1.31 bits per heavy atom. The maximum atomic E-state index is 5.24. The molecule has 6 heteroatoms. The van der Waals surface area contributed by atoms with Crippen LogP contribution in [0.1, 0.15) is 19.8 Å². The van der Waals surface area contributed by atoms with Crippen molar-refractivity contribution in [1.29, 1.82) is 0 Å². The van der Waals surface area contributed by atoms with Gasteiger partial charge in [0.1, 0.15) is 0 Å². The number of nitrogens with two attached hydrogens (primary N) is 3. The summed E-state index contributed by atoms with van der Waals surface area (Å²) in [5.41, 5.74) is 15.7. The summed E-state index contributed by atoms with van der Waals surface area (Å²) in [5, 5.41) is 0. The first-order chi connectivity index (χ1) is 6.24. The summed E-state index contributed by atoms with van der Waals surface area (Å²) in [5.74, 6) is -1.17. The van der Waals surface area contributed by atoms with E-state index >= 15 is 0 Å². The van der Waals surface area contributed by atoms with Crippen LogP contribution >= 0.6 is 0 Å². The SMILES string of the molecule is CCCC(OCN)(OCN)OCN. The third-order valence-electron chi connectivity index (χ3n) is 1.47. The molecule has 6 N–H and O–H groups in total. The molecule has 0 spiro atoms. The van der Waals surface area contributed by atoms with Gasteiger partial charge in [-0.05, 0) is 6.42 Å². The van der Waals surface area contributed by atoms with Crippen molar-refractivity contribution in [2.45, 2.75) is 25.7 Å². The molecule has 0 atom stereocenters. The molecule has 0 heterocycles. The van der Waals surface area contributed by atoms with E-state index in [0.717, 1.165) is 6.42 Å². The highest BCUT2D eigenvalue weighted by Crippen LogP contribution is 2.20. The van der Waals surface area contributed by atoms with Gasteiger partial charge in [0.25, 0.3) is 5.97 Å². The van der Waals surface area contributed by atoms with Gasteiger partial charge in [-0.1, -0.05) is 6.92 Å². The van der Waals surface area contributed by atoms with Crippen molar-refractivity contribution in [2.24, 2.45) is 17.2 Å². The lowest BCUT2D eigenvalue weighted by Crippen LogP contribution is -2.43. The highest BCUT2D eigenvalue weighted by Gasteiger charge is 2.31. The van der Waals surface area contributed by atoms with Crippen molar-refractivity contribution in [3.63, 3.8) is 0 Å². The molecule has 0 saturated carbocycles. The molecule has 0 fully saturated rings. The van der Waals surface area contributed by atoms with E-state index in [1.165, 1.54) is 0 Å². The quantitative estimate of drug-likeness (QED) is 0.437. The molecule has 0 rings (SSSR count). The monoisotopic (exact) mass is 193 g/mol. The summed E-state index contributed by atoms with van der Waals surface area (Å²) in [6.45, 7) is 1.97. The Kier molecular flexibility index (Phi) is 7.06. The fourth-order valence-electron chi connectivity index (χ4n) is 1.03. The van der Waals surface area contributed by atoms with Gasteiger partial charge < -0.3 is 31.4 Å². The number of hydrogen-bond donors (Lipinski definition) is 3. The van der Waals surface area contributed by atoms with Crippen LogP contribution in [-0.4, -0.2) is 26.2 Å². The molecule has 0 aliphatic rings. The van der Waals surface area contributed by atoms with E-state index in [9.17, 15) is 0 Å². The highest BCUT2D eigenvalue weighted by molar-refractivity contribution is 4.55. The molecule has 0 aliphatic heterocycles. The number of ether oxygens (including phenoxy) is 3. The Labute approximate surface area is 78.3 Å². The van der Waals surface area contributed by atoms with Gasteiger partial charge in [-0.2, -0.15) is 0 Å². The van der Waals surface area contributed by atoms with Crippen LogP contribution in [0, 0.1) is 0 Å². The predicted octanol–water partition coefficient (Wildman–Crippen LogP) is -0.761. The van der Waals surface area contributed by atoms with Crippen LogP contribution in [0.2, 0.25) is 0 Å². The first kappa shape index (κ1) is 12.8. The molecule has 13 heavy (non-hydrogen) atoms. The van der Waals surface area contributed by atoms with E-state index in [-0.39, 0.29) is 20.2 Å². The fourth-order valence-corrected chi connectivity index (χ4v) is 1.03. The third-order valence-corrected chi connectivity index (χ3v) is 1.47. The Morgan fingerprint density at radius 1 is 0.923 bits per heavy atom. The Balaban J connectivity index is 4.19. The van der Waals surface area contributed by atoms with Crippen molar-refractivity contribution in [3.8, 4) is 0 Å². The Hall–Kier alpha value is -0.240. The summed E-state index contributed by atoms with van der Waals surface area (Å²) < 4.78 is 15.4. The van der Waals surface area contributed by atoms with E-state index in [4.69, 9.17) is 31.4 Å². The van der Waals surface area contributed by atoms with E-state index < -0.39 is 5.97 Å². The van der Waals surface area contributed by atoms with Gasteiger partial charge in [-0.25, -0.2) is 0 Å². The summed E-state index contributed by atoms with van der Waals surface area (Å²) in [6.07, 6.45) is 1.36. The van der Waals surface area contributed by atoms with Crippen molar-refractivity contribution in [3.05, 3.63) is 0 Å². The van der Waals surface area contributed by atoms with Crippen LogP contribution < -0.4 is 17.2 Å². The summed E-state index contributed by atoms with van der Waals surface area (Å²) >= 11 is 0. The topological polar surface area (TPSA) is 106 Å². The van der Waals surface area contributed by atoms with Crippen LogP contribution in [0.15, 0.2) is 0 Å². The number of hydrogen-bond acceptors (Lipinski definition) is 6. The average Bonchev–Trinajstić information content (AvgIpc) is 2.06. The van der Waals surface area contributed by atoms with Crippen molar-refractivity contribution < 1.29 is 14.2 Å². The van der Waals surface area contributed by atoms with Crippen molar-refractivity contribution in [2.75, 3.05) is 20.2 Å².